The van der Waals surface area contributed by atoms with Crippen LogP contribution in [0, 0.1) is 0 Å². The summed E-state index contributed by atoms with van der Waals surface area (Å²) in [6.45, 7) is 3.34. The van der Waals surface area contributed by atoms with Crippen LogP contribution in [-0.4, -0.2) is 66.4 Å². The first-order valence-electron chi connectivity index (χ1n) is 11.4. The fraction of sp³-hybridized carbons (Fsp3) is 0.400. The van der Waals surface area contributed by atoms with Crippen LogP contribution in [-0.2, 0) is 11.3 Å². The first kappa shape index (κ1) is 24.1. The number of rotatable bonds is 9. The maximum Gasteiger partial charge on any atom is 0.302 e. The highest BCUT2D eigenvalue weighted by Gasteiger charge is 2.23. The van der Waals surface area contributed by atoms with Crippen molar-refractivity contribution in [3.05, 3.63) is 53.6 Å². The Morgan fingerprint density at radius 2 is 1.79 bits per heavy atom. The molecular weight excluding hydrogens is 452 g/mol. The molecule has 0 spiro atoms. The normalized spacial score (nSPS) is 16.4. The summed E-state index contributed by atoms with van der Waals surface area (Å²) in [6.07, 6.45) is 2.94. The van der Waals surface area contributed by atoms with Crippen LogP contribution >= 0.6 is 11.8 Å². The number of nitrogens with one attached hydrogen (secondary N) is 1. The largest absolute Gasteiger partial charge is 0.493 e. The number of nitrogens with zero attached hydrogens (tertiary/aromatic N) is 3. The van der Waals surface area contributed by atoms with E-state index in [0.717, 1.165) is 42.2 Å². The Morgan fingerprint density at radius 1 is 1.06 bits per heavy atom. The van der Waals surface area contributed by atoms with Gasteiger partial charge in [0.15, 0.2) is 11.5 Å². The standard InChI is InChI=1S/C25H30N4O4S/c1-32-22-10-7-19(15-23(22)33-2)21-17-34-25(31)29(27-21)16-18-5-8-20(9-6-18)26-24(30)11-14-28-12-3-4-13-28/h5-10,15H,3-4,11-14,16-17H2,1-2H3,(H,26,30). The maximum atomic E-state index is 12.5. The van der Waals surface area contributed by atoms with E-state index in [-0.39, 0.29) is 11.1 Å². The predicted octanol–water partition coefficient (Wildman–Crippen LogP) is 4.20. The highest BCUT2D eigenvalue weighted by molar-refractivity contribution is 8.14. The number of hydrazone groups is 1. The maximum absolute atomic E-state index is 12.5. The molecule has 2 heterocycles. The Kier molecular flexibility index (Phi) is 8.08. The highest BCUT2D eigenvalue weighted by atomic mass is 32.2. The average Bonchev–Trinajstić information content (AvgIpc) is 3.38. The summed E-state index contributed by atoms with van der Waals surface area (Å²) in [4.78, 5) is 27.0. The van der Waals surface area contributed by atoms with Gasteiger partial charge in [-0.15, -0.1) is 0 Å². The number of amides is 2. The van der Waals surface area contributed by atoms with Gasteiger partial charge >= 0.3 is 5.24 Å². The molecule has 0 atom stereocenters. The molecule has 0 bridgehead atoms. The van der Waals surface area contributed by atoms with Crippen LogP contribution in [0.25, 0.3) is 0 Å². The summed E-state index contributed by atoms with van der Waals surface area (Å²) < 4.78 is 10.7. The number of methoxy groups -OCH3 is 2. The van der Waals surface area contributed by atoms with Crippen LogP contribution in [0.3, 0.4) is 0 Å². The smallest absolute Gasteiger partial charge is 0.302 e. The average molecular weight is 483 g/mol. The first-order chi connectivity index (χ1) is 16.6. The Morgan fingerprint density at radius 3 is 2.50 bits per heavy atom. The molecule has 0 saturated carbocycles. The zero-order valence-electron chi connectivity index (χ0n) is 19.6. The third-order valence-corrected chi connectivity index (χ3v) is 6.80. The molecule has 2 amide bonds. The topological polar surface area (TPSA) is 83.5 Å². The van der Waals surface area contributed by atoms with Crippen molar-refractivity contribution in [3.8, 4) is 11.5 Å². The molecule has 0 unspecified atom stereocenters. The van der Waals surface area contributed by atoms with Crippen LogP contribution in [0.1, 0.15) is 30.4 Å². The van der Waals surface area contributed by atoms with Gasteiger partial charge in [0.05, 0.1) is 26.5 Å². The molecule has 0 aliphatic carbocycles. The Balaban J connectivity index is 1.37. The Labute approximate surface area is 204 Å². The lowest BCUT2D eigenvalue weighted by molar-refractivity contribution is -0.116. The van der Waals surface area contributed by atoms with Crippen LogP contribution in [0.5, 0.6) is 11.5 Å². The van der Waals surface area contributed by atoms with E-state index in [1.54, 1.807) is 14.2 Å². The number of carbonyl (C=O) groups is 2. The third-order valence-electron chi connectivity index (χ3n) is 5.93. The summed E-state index contributed by atoms with van der Waals surface area (Å²) in [7, 11) is 3.19. The van der Waals surface area contributed by atoms with Gasteiger partial charge in [-0.1, -0.05) is 23.9 Å². The number of carbonyl (C=O) groups excluding carboxylic acids is 2. The van der Waals surface area contributed by atoms with Crippen molar-refractivity contribution < 1.29 is 19.1 Å². The molecular formula is C25H30N4O4S. The van der Waals surface area contributed by atoms with E-state index < -0.39 is 0 Å². The van der Waals surface area contributed by atoms with Gasteiger partial charge in [-0.2, -0.15) is 5.10 Å². The number of ether oxygens (including phenoxy) is 2. The van der Waals surface area contributed by atoms with E-state index in [4.69, 9.17) is 9.47 Å². The number of hydrogen-bond donors (Lipinski definition) is 1. The van der Waals surface area contributed by atoms with Crippen molar-refractivity contribution in [1.29, 1.82) is 0 Å². The number of hydrogen-bond acceptors (Lipinski definition) is 7. The van der Waals surface area contributed by atoms with Gasteiger partial charge in [-0.25, -0.2) is 5.01 Å². The second-order valence-corrected chi connectivity index (χ2v) is 9.20. The van der Waals surface area contributed by atoms with Gasteiger partial charge in [-0.3, -0.25) is 9.59 Å². The van der Waals surface area contributed by atoms with Gasteiger partial charge in [0.1, 0.15) is 0 Å². The molecule has 0 radical (unpaired) electrons. The molecule has 8 nitrogen and oxygen atoms in total. The monoisotopic (exact) mass is 482 g/mol. The molecule has 1 fully saturated rings. The third kappa shape index (κ3) is 6.09. The molecule has 4 rings (SSSR count). The molecule has 34 heavy (non-hydrogen) atoms. The SMILES string of the molecule is COc1ccc(C2=NN(Cc3ccc(NC(=O)CCN4CCCC4)cc3)C(=O)SC2)cc1OC. The van der Waals surface area contributed by atoms with E-state index in [1.807, 2.05) is 42.5 Å². The molecule has 2 aromatic carbocycles. The minimum atomic E-state index is -0.0940. The van der Waals surface area contributed by atoms with Crippen LogP contribution in [0.2, 0.25) is 0 Å². The lowest BCUT2D eigenvalue weighted by Gasteiger charge is -2.23. The molecule has 2 aromatic rings. The predicted molar refractivity (Wildman–Crippen MR) is 135 cm³/mol. The summed E-state index contributed by atoms with van der Waals surface area (Å²) >= 11 is 1.22. The van der Waals surface area contributed by atoms with Crippen molar-refractivity contribution in [3.63, 3.8) is 0 Å². The molecule has 1 saturated heterocycles. The minimum absolute atomic E-state index is 0.0198. The zero-order chi connectivity index (χ0) is 23.9. The molecule has 180 valence electrons. The number of anilines is 1. The summed E-state index contributed by atoms with van der Waals surface area (Å²) in [5.74, 6) is 1.78. The second kappa shape index (κ2) is 11.4. The highest BCUT2D eigenvalue weighted by Crippen LogP contribution is 2.30. The lowest BCUT2D eigenvalue weighted by Crippen LogP contribution is -2.29. The minimum Gasteiger partial charge on any atom is -0.493 e. The van der Waals surface area contributed by atoms with Crippen LogP contribution in [0.15, 0.2) is 47.6 Å². The van der Waals surface area contributed by atoms with Crippen molar-refractivity contribution in [2.75, 3.05) is 44.9 Å². The van der Waals surface area contributed by atoms with E-state index >= 15 is 0 Å². The van der Waals surface area contributed by atoms with Crippen molar-refractivity contribution in [2.24, 2.45) is 5.10 Å². The van der Waals surface area contributed by atoms with E-state index in [0.29, 0.717) is 30.2 Å². The van der Waals surface area contributed by atoms with Crippen molar-refractivity contribution in [1.82, 2.24) is 9.91 Å². The number of thioether (sulfide) groups is 1. The molecule has 9 heteroatoms. The fourth-order valence-corrected chi connectivity index (χ4v) is 4.77. The summed E-state index contributed by atoms with van der Waals surface area (Å²) in [6, 6.07) is 13.2. The Hall–Kier alpha value is -3.04. The molecule has 2 aliphatic heterocycles. The van der Waals surface area contributed by atoms with Crippen LogP contribution in [0.4, 0.5) is 10.5 Å². The summed E-state index contributed by atoms with van der Waals surface area (Å²) in [5, 5.41) is 8.94. The molecule has 1 N–H and O–H groups in total. The van der Waals surface area contributed by atoms with E-state index in [1.165, 1.54) is 29.6 Å². The van der Waals surface area contributed by atoms with Gasteiger partial charge in [0.2, 0.25) is 5.91 Å². The van der Waals surface area contributed by atoms with Crippen LogP contribution < -0.4 is 14.8 Å². The first-order valence-corrected chi connectivity index (χ1v) is 12.4. The lowest BCUT2D eigenvalue weighted by atomic mass is 10.1. The van der Waals surface area contributed by atoms with Gasteiger partial charge in [0.25, 0.3) is 0 Å². The molecule has 0 aromatic heterocycles. The quantitative estimate of drug-likeness (QED) is 0.577. The zero-order valence-corrected chi connectivity index (χ0v) is 20.4. The fourth-order valence-electron chi connectivity index (χ4n) is 4.03. The number of likely N-dealkylation sites (tertiary alicyclic amines) is 1. The van der Waals surface area contributed by atoms with Gasteiger partial charge in [0, 0.05) is 30.0 Å². The van der Waals surface area contributed by atoms with Crippen molar-refractivity contribution in [2.45, 2.75) is 25.8 Å². The van der Waals surface area contributed by atoms with Gasteiger partial charge < -0.3 is 19.7 Å². The Bertz CT molecular complexity index is 1050. The summed E-state index contributed by atoms with van der Waals surface area (Å²) in [5.41, 5.74) is 3.37. The number of benzene rings is 2. The van der Waals surface area contributed by atoms with Crippen molar-refractivity contribution >= 4 is 34.3 Å². The van der Waals surface area contributed by atoms with E-state index in [2.05, 4.69) is 15.3 Å². The second-order valence-electron chi connectivity index (χ2n) is 8.27. The van der Waals surface area contributed by atoms with E-state index in [9.17, 15) is 9.59 Å². The van der Waals surface area contributed by atoms with Gasteiger partial charge in [-0.05, 0) is 61.8 Å². The molecule has 2 aliphatic rings.